The maximum atomic E-state index is 5.87. The minimum atomic E-state index is 0.221. The summed E-state index contributed by atoms with van der Waals surface area (Å²) in [7, 11) is 3.98. The highest BCUT2D eigenvalue weighted by atomic mass is 35.5. The fraction of sp³-hybridized carbons (Fsp3) is 0.133. The van der Waals surface area contributed by atoms with Crippen LogP contribution < -0.4 is 10.6 Å². The first kappa shape index (κ1) is 15.0. The van der Waals surface area contributed by atoms with Gasteiger partial charge in [-0.3, -0.25) is 4.98 Å². The minimum Gasteiger partial charge on any atom is -0.380 e. The smallest absolute Gasteiger partial charge is 0.172 e. The average Bonchev–Trinajstić information content (AvgIpc) is 2.47. The van der Waals surface area contributed by atoms with E-state index >= 15 is 0 Å². The van der Waals surface area contributed by atoms with E-state index in [0.717, 1.165) is 11.3 Å². The first-order valence-electron chi connectivity index (χ1n) is 6.32. The summed E-state index contributed by atoms with van der Waals surface area (Å²) in [6.45, 7) is 0. The number of halogens is 1. The van der Waals surface area contributed by atoms with Gasteiger partial charge in [-0.15, -0.1) is 5.10 Å². The third-order valence-electron chi connectivity index (χ3n) is 2.77. The standard InChI is InChI=1S/C15H16ClN5/c1-21(2)13-5-3-11(4-6-13)10-19-20-15(17)14-9-12(16)7-8-18-14/h3-10H,1-2H3,(H2,17,20)/b19-10+. The summed E-state index contributed by atoms with van der Waals surface area (Å²) in [6, 6.07) is 11.2. The predicted octanol–water partition coefficient (Wildman–Crippen LogP) is 2.54. The van der Waals surface area contributed by atoms with E-state index in [1.165, 1.54) is 0 Å². The summed E-state index contributed by atoms with van der Waals surface area (Å²) >= 11 is 5.87. The summed E-state index contributed by atoms with van der Waals surface area (Å²) in [5.74, 6) is 0.221. The molecule has 1 aromatic carbocycles. The van der Waals surface area contributed by atoms with E-state index in [2.05, 4.69) is 15.2 Å². The van der Waals surface area contributed by atoms with Crippen molar-refractivity contribution in [1.82, 2.24) is 4.98 Å². The van der Waals surface area contributed by atoms with Crippen molar-refractivity contribution in [2.45, 2.75) is 0 Å². The first-order valence-corrected chi connectivity index (χ1v) is 6.70. The molecule has 0 amide bonds. The topological polar surface area (TPSA) is 66.9 Å². The van der Waals surface area contributed by atoms with Crippen molar-refractivity contribution < 1.29 is 0 Å². The Balaban J connectivity index is 2.08. The number of anilines is 1. The van der Waals surface area contributed by atoms with Gasteiger partial charge in [0, 0.05) is 31.0 Å². The third-order valence-corrected chi connectivity index (χ3v) is 3.00. The molecule has 6 heteroatoms. The van der Waals surface area contributed by atoms with Crippen LogP contribution in [0.1, 0.15) is 11.3 Å². The SMILES string of the molecule is CN(C)c1ccc(/C=N/N=C(\N)c2cc(Cl)ccn2)cc1. The second-order valence-corrected chi connectivity index (χ2v) is 5.01. The Morgan fingerprint density at radius 3 is 2.57 bits per heavy atom. The maximum Gasteiger partial charge on any atom is 0.172 e. The Hall–Kier alpha value is -2.40. The number of amidine groups is 1. The molecule has 0 aliphatic heterocycles. The quantitative estimate of drug-likeness (QED) is 0.536. The molecule has 5 nitrogen and oxygen atoms in total. The van der Waals surface area contributed by atoms with Crippen LogP contribution in [0.2, 0.25) is 5.02 Å². The molecule has 0 bridgehead atoms. The minimum absolute atomic E-state index is 0.221. The molecular formula is C15H16ClN5. The van der Waals surface area contributed by atoms with Crippen LogP contribution in [0.15, 0.2) is 52.8 Å². The van der Waals surface area contributed by atoms with Gasteiger partial charge in [0.05, 0.1) is 6.21 Å². The van der Waals surface area contributed by atoms with E-state index in [9.17, 15) is 0 Å². The molecule has 0 saturated carbocycles. The summed E-state index contributed by atoms with van der Waals surface area (Å²) in [6.07, 6.45) is 3.21. The molecule has 0 saturated heterocycles. The fourth-order valence-corrected chi connectivity index (χ4v) is 1.77. The van der Waals surface area contributed by atoms with Gasteiger partial charge in [0.1, 0.15) is 5.69 Å². The molecule has 2 rings (SSSR count). The van der Waals surface area contributed by atoms with Gasteiger partial charge >= 0.3 is 0 Å². The normalized spacial score (nSPS) is 11.9. The lowest BCUT2D eigenvalue weighted by molar-refractivity contribution is 1.13. The van der Waals surface area contributed by atoms with Crippen molar-refractivity contribution in [2.75, 3.05) is 19.0 Å². The molecule has 0 atom stereocenters. The van der Waals surface area contributed by atoms with Crippen LogP contribution in [0.5, 0.6) is 0 Å². The molecule has 21 heavy (non-hydrogen) atoms. The molecule has 0 aliphatic rings. The largest absolute Gasteiger partial charge is 0.380 e. The van der Waals surface area contributed by atoms with Gasteiger partial charge in [-0.1, -0.05) is 23.7 Å². The van der Waals surface area contributed by atoms with Gasteiger partial charge in [-0.25, -0.2) is 0 Å². The van der Waals surface area contributed by atoms with Crippen LogP contribution in [0, 0.1) is 0 Å². The van der Waals surface area contributed by atoms with Crippen LogP contribution in [0.4, 0.5) is 5.69 Å². The molecule has 0 spiro atoms. The first-order chi connectivity index (χ1) is 10.1. The molecule has 108 valence electrons. The van der Waals surface area contributed by atoms with Gasteiger partial charge in [0.15, 0.2) is 5.84 Å². The van der Waals surface area contributed by atoms with Crippen LogP contribution >= 0.6 is 11.6 Å². The van der Waals surface area contributed by atoms with Crippen molar-refractivity contribution in [3.63, 3.8) is 0 Å². The molecule has 2 N–H and O–H groups in total. The van der Waals surface area contributed by atoms with E-state index in [0.29, 0.717) is 10.7 Å². The van der Waals surface area contributed by atoms with Crippen molar-refractivity contribution in [1.29, 1.82) is 0 Å². The van der Waals surface area contributed by atoms with Gasteiger partial charge < -0.3 is 10.6 Å². The Bertz CT molecular complexity index is 662. The number of hydrogen-bond acceptors (Lipinski definition) is 4. The van der Waals surface area contributed by atoms with Crippen LogP contribution in [-0.2, 0) is 0 Å². The second kappa shape index (κ2) is 6.85. The molecular weight excluding hydrogens is 286 g/mol. The average molecular weight is 302 g/mol. The van der Waals surface area contributed by atoms with Gasteiger partial charge in [0.25, 0.3) is 0 Å². The Morgan fingerprint density at radius 1 is 1.24 bits per heavy atom. The van der Waals surface area contributed by atoms with Crippen LogP contribution in [0.3, 0.4) is 0 Å². The molecule has 0 unspecified atom stereocenters. The van der Waals surface area contributed by atoms with Gasteiger partial charge in [0.2, 0.25) is 0 Å². The number of nitrogens with zero attached hydrogens (tertiary/aromatic N) is 4. The Kier molecular flexibility index (Phi) is 4.90. The van der Waals surface area contributed by atoms with E-state index in [1.54, 1.807) is 24.5 Å². The lowest BCUT2D eigenvalue weighted by Gasteiger charge is -2.11. The lowest BCUT2D eigenvalue weighted by Crippen LogP contribution is -2.14. The third kappa shape index (κ3) is 4.29. The molecule has 2 aromatic rings. The number of hydrogen-bond donors (Lipinski definition) is 1. The Labute approximate surface area is 128 Å². The molecule has 0 aliphatic carbocycles. The van der Waals surface area contributed by atoms with Crippen molar-refractivity contribution in [3.05, 3.63) is 58.9 Å². The van der Waals surface area contributed by atoms with Crippen molar-refractivity contribution in [2.24, 2.45) is 15.9 Å². The number of pyridine rings is 1. The highest BCUT2D eigenvalue weighted by molar-refractivity contribution is 6.30. The highest BCUT2D eigenvalue weighted by Gasteiger charge is 2.00. The maximum absolute atomic E-state index is 5.87. The number of aromatic nitrogens is 1. The number of benzene rings is 1. The van der Waals surface area contributed by atoms with Gasteiger partial charge in [-0.05, 0) is 29.8 Å². The summed E-state index contributed by atoms with van der Waals surface area (Å²) in [5.41, 5.74) is 8.37. The monoisotopic (exact) mass is 301 g/mol. The number of rotatable bonds is 4. The van der Waals surface area contributed by atoms with Gasteiger partial charge in [-0.2, -0.15) is 5.10 Å². The molecule has 1 aromatic heterocycles. The molecule has 0 fully saturated rings. The predicted molar refractivity (Wildman–Crippen MR) is 88.3 cm³/mol. The highest BCUT2D eigenvalue weighted by Crippen LogP contribution is 2.11. The zero-order chi connectivity index (χ0) is 15.2. The lowest BCUT2D eigenvalue weighted by atomic mass is 10.2. The summed E-state index contributed by atoms with van der Waals surface area (Å²) in [5, 5.41) is 8.44. The van der Waals surface area contributed by atoms with Crippen LogP contribution in [0.25, 0.3) is 0 Å². The van der Waals surface area contributed by atoms with E-state index in [-0.39, 0.29) is 5.84 Å². The number of nitrogens with two attached hydrogens (primary N) is 1. The molecule has 1 heterocycles. The zero-order valence-corrected chi connectivity index (χ0v) is 12.6. The summed E-state index contributed by atoms with van der Waals surface area (Å²) in [4.78, 5) is 6.11. The van der Waals surface area contributed by atoms with E-state index in [4.69, 9.17) is 17.3 Å². The second-order valence-electron chi connectivity index (χ2n) is 4.58. The molecule has 0 radical (unpaired) electrons. The fourth-order valence-electron chi connectivity index (χ4n) is 1.61. The van der Waals surface area contributed by atoms with E-state index < -0.39 is 0 Å². The zero-order valence-electron chi connectivity index (χ0n) is 11.9. The Morgan fingerprint density at radius 2 is 1.95 bits per heavy atom. The van der Waals surface area contributed by atoms with Crippen LogP contribution in [-0.4, -0.2) is 31.1 Å². The summed E-state index contributed by atoms with van der Waals surface area (Å²) < 4.78 is 0. The van der Waals surface area contributed by atoms with Crippen molar-refractivity contribution >= 4 is 29.3 Å². The van der Waals surface area contributed by atoms with E-state index in [1.807, 2.05) is 43.3 Å². The van der Waals surface area contributed by atoms with Crippen molar-refractivity contribution in [3.8, 4) is 0 Å².